The summed E-state index contributed by atoms with van der Waals surface area (Å²) in [6, 6.07) is 4.06. The van der Waals surface area contributed by atoms with E-state index in [1.165, 1.54) is 0 Å². The Hall–Kier alpha value is -2.86. The van der Waals surface area contributed by atoms with E-state index in [1.807, 2.05) is 4.90 Å². The van der Waals surface area contributed by atoms with E-state index in [2.05, 4.69) is 20.7 Å². The molecule has 12 heteroatoms. The number of rotatable bonds is 5. The topological polar surface area (TPSA) is 60.5 Å². The van der Waals surface area contributed by atoms with Gasteiger partial charge in [-0.15, -0.1) is 0 Å². The number of halogens is 6. The number of aromatic nitrogens is 1. The van der Waals surface area contributed by atoms with Crippen LogP contribution in [-0.2, 0) is 17.1 Å². The van der Waals surface area contributed by atoms with Crippen molar-refractivity contribution >= 4 is 11.6 Å². The first kappa shape index (κ1) is 25.2. The minimum Gasteiger partial charge on any atom is -0.299 e. The monoisotopic (exact) mass is 501 g/mol. The molecule has 0 aliphatic carbocycles. The first-order chi connectivity index (χ1) is 16.4. The van der Waals surface area contributed by atoms with Crippen molar-refractivity contribution in [2.24, 2.45) is 0 Å². The van der Waals surface area contributed by atoms with Crippen molar-refractivity contribution in [1.82, 2.24) is 20.2 Å². The number of alkyl halides is 6. The highest BCUT2D eigenvalue weighted by Crippen LogP contribution is 2.37. The van der Waals surface area contributed by atoms with Gasteiger partial charge in [-0.1, -0.05) is 6.07 Å². The van der Waals surface area contributed by atoms with Gasteiger partial charge in [-0.3, -0.25) is 30.4 Å². The Morgan fingerprint density at radius 2 is 1.71 bits per heavy atom. The van der Waals surface area contributed by atoms with E-state index in [0.717, 1.165) is 31.6 Å². The van der Waals surface area contributed by atoms with E-state index in [0.29, 0.717) is 36.8 Å². The molecule has 3 heterocycles. The van der Waals surface area contributed by atoms with Gasteiger partial charge >= 0.3 is 12.4 Å². The fourth-order valence-electron chi connectivity index (χ4n) is 4.65. The lowest BCUT2D eigenvalue weighted by molar-refractivity contribution is -0.143. The molecule has 0 spiro atoms. The Morgan fingerprint density at radius 3 is 2.31 bits per heavy atom. The predicted octanol–water partition coefficient (Wildman–Crippen LogP) is 4.39. The minimum absolute atomic E-state index is 0.0366. The van der Waals surface area contributed by atoms with Crippen LogP contribution in [0.25, 0.3) is 0 Å². The number of hydrogen-bond donors (Lipinski definition) is 2. The van der Waals surface area contributed by atoms with Crippen molar-refractivity contribution in [3.8, 4) is 0 Å². The lowest BCUT2D eigenvalue weighted by Gasteiger charge is -2.41. The number of hydrazine groups is 1. The van der Waals surface area contributed by atoms with Crippen LogP contribution in [0, 0.1) is 6.92 Å². The molecule has 2 fully saturated rings. The molecular formula is C23H25F6N5O. The van der Waals surface area contributed by atoms with Crippen LogP contribution in [0.2, 0.25) is 0 Å². The van der Waals surface area contributed by atoms with Gasteiger partial charge in [-0.05, 0) is 56.1 Å². The zero-order chi connectivity index (χ0) is 25.4. The highest BCUT2D eigenvalue weighted by atomic mass is 19.4. The third-order valence-electron chi connectivity index (χ3n) is 6.40. The minimum atomic E-state index is -4.99. The number of amides is 1. The highest BCUT2D eigenvalue weighted by molar-refractivity contribution is 5.84. The molecule has 190 valence electrons. The van der Waals surface area contributed by atoms with Gasteiger partial charge in [0.1, 0.15) is 6.04 Å². The second-order valence-electron chi connectivity index (χ2n) is 8.87. The summed E-state index contributed by atoms with van der Waals surface area (Å²) in [5.41, 5.74) is 2.44. The number of carbonyl (C=O) groups excluding carboxylic acids is 1. The fourth-order valence-corrected chi connectivity index (χ4v) is 4.65. The van der Waals surface area contributed by atoms with Crippen LogP contribution in [0.4, 0.5) is 32.0 Å². The van der Waals surface area contributed by atoms with Gasteiger partial charge < -0.3 is 0 Å². The van der Waals surface area contributed by atoms with E-state index < -0.39 is 41.1 Å². The highest BCUT2D eigenvalue weighted by Gasteiger charge is 2.38. The zero-order valence-corrected chi connectivity index (χ0v) is 18.9. The zero-order valence-electron chi connectivity index (χ0n) is 18.9. The van der Waals surface area contributed by atoms with Crippen molar-refractivity contribution in [1.29, 1.82) is 0 Å². The number of benzene rings is 1. The quantitative estimate of drug-likeness (QED) is 0.470. The van der Waals surface area contributed by atoms with Crippen molar-refractivity contribution in [3.63, 3.8) is 0 Å². The molecule has 2 saturated heterocycles. The average Bonchev–Trinajstić information content (AvgIpc) is 3.26. The van der Waals surface area contributed by atoms with E-state index in [9.17, 15) is 31.1 Å². The molecule has 2 aliphatic heterocycles. The Balaban J connectivity index is 1.57. The van der Waals surface area contributed by atoms with Crippen LogP contribution in [-0.4, -0.2) is 52.9 Å². The van der Waals surface area contributed by atoms with E-state index in [1.54, 1.807) is 25.3 Å². The molecule has 2 aliphatic rings. The Bertz CT molecular complexity index is 1020. The maximum atomic E-state index is 13.3. The molecule has 1 amide bonds. The predicted molar refractivity (Wildman–Crippen MR) is 116 cm³/mol. The number of aryl methyl sites for hydroxylation is 1. The number of anilines is 1. The van der Waals surface area contributed by atoms with Crippen molar-refractivity contribution in [3.05, 3.63) is 58.9 Å². The van der Waals surface area contributed by atoms with Crippen molar-refractivity contribution in [2.45, 2.75) is 44.2 Å². The lowest BCUT2D eigenvalue weighted by Crippen LogP contribution is -2.54. The largest absolute Gasteiger partial charge is 0.416 e. The molecule has 1 aromatic heterocycles. The number of piperazine rings is 1. The number of fused-ring (bicyclic) bond motifs is 1. The summed E-state index contributed by atoms with van der Waals surface area (Å²) in [5.74, 6) is -0.604. The second-order valence-corrected chi connectivity index (χ2v) is 8.87. The molecule has 1 unspecified atom stereocenters. The Labute approximate surface area is 198 Å². The van der Waals surface area contributed by atoms with Crippen molar-refractivity contribution in [2.75, 3.05) is 31.6 Å². The number of carbonyl (C=O) groups is 1. The third-order valence-corrected chi connectivity index (χ3v) is 6.40. The summed E-state index contributed by atoms with van der Waals surface area (Å²) < 4.78 is 79.0. The van der Waals surface area contributed by atoms with Crippen molar-refractivity contribution < 1.29 is 31.1 Å². The number of nitrogens with zero attached hydrogens (tertiary/aromatic N) is 3. The molecule has 0 saturated carbocycles. The van der Waals surface area contributed by atoms with Gasteiger partial charge in [0.2, 0.25) is 0 Å². The lowest BCUT2D eigenvalue weighted by atomic mass is 10.0. The molecule has 2 atom stereocenters. The van der Waals surface area contributed by atoms with Crippen LogP contribution >= 0.6 is 0 Å². The van der Waals surface area contributed by atoms with Gasteiger partial charge in [0.05, 0.1) is 16.8 Å². The van der Waals surface area contributed by atoms with Gasteiger partial charge in [0.15, 0.2) is 0 Å². The summed E-state index contributed by atoms with van der Waals surface area (Å²) in [4.78, 5) is 21.8. The first-order valence-corrected chi connectivity index (χ1v) is 11.2. The van der Waals surface area contributed by atoms with Crippen LogP contribution in [0.5, 0.6) is 0 Å². The first-order valence-electron chi connectivity index (χ1n) is 11.2. The molecular weight excluding hydrogens is 476 g/mol. The summed E-state index contributed by atoms with van der Waals surface area (Å²) >= 11 is 0. The number of hydrogen-bond acceptors (Lipinski definition) is 5. The van der Waals surface area contributed by atoms with Gasteiger partial charge in [0, 0.05) is 37.6 Å². The number of pyridine rings is 1. The van der Waals surface area contributed by atoms with Gasteiger partial charge in [-0.2, -0.15) is 26.3 Å². The summed E-state index contributed by atoms with van der Waals surface area (Å²) in [5, 5.41) is 0. The Morgan fingerprint density at radius 1 is 1.03 bits per heavy atom. The van der Waals surface area contributed by atoms with Crippen LogP contribution < -0.4 is 10.9 Å². The normalized spacial score (nSPS) is 20.4. The molecule has 0 radical (unpaired) electrons. The third kappa shape index (κ3) is 5.87. The van der Waals surface area contributed by atoms with E-state index >= 15 is 0 Å². The van der Waals surface area contributed by atoms with E-state index in [-0.39, 0.29) is 6.07 Å². The molecule has 6 nitrogen and oxygen atoms in total. The SMILES string of the molecule is Cc1ccc(C(C(=O)NNc2cc(C(F)(F)F)cc(C(F)(F)F)c2)N2CCN3CCC[C@@H]3C2)cn1. The van der Waals surface area contributed by atoms with Crippen LogP contribution in [0.15, 0.2) is 36.5 Å². The molecule has 4 rings (SSSR count). The van der Waals surface area contributed by atoms with Crippen LogP contribution in [0.3, 0.4) is 0 Å². The smallest absolute Gasteiger partial charge is 0.299 e. The summed E-state index contributed by atoms with van der Waals surface area (Å²) in [6.45, 7) is 4.77. The van der Waals surface area contributed by atoms with E-state index in [4.69, 9.17) is 0 Å². The average molecular weight is 501 g/mol. The van der Waals surface area contributed by atoms with Gasteiger partial charge in [-0.25, -0.2) is 0 Å². The maximum absolute atomic E-state index is 13.3. The maximum Gasteiger partial charge on any atom is 0.416 e. The molecule has 1 aromatic carbocycles. The molecule has 2 N–H and O–H groups in total. The molecule has 35 heavy (non-hydrogen) atoms. The molecule has 0 bridgehead atoms. The number of nitrogens with one attached hydrogen (secondary N) is 2. The second kappa shape index (κ2) is 9.65. The standard InChI is InChI=1S/C23H25F6N5O/c1-14-4-5-15(12-30-14)20(34-8-7-33-6-2-3-19(33)13-34)21(35)32-31-18-10-16(22(24,25)26)9-17(11-18)23(27,28)29/h4-5,9-12,19-20,31H,2-3,6-8,13H2,1H3,(H,32,35)/t19-,20?/m1/s1. The summed E-state index contributed by atoms with van der Waals surface area (Å²) in [7, 11) is 0. The Kier molecular flexibility index (Phi) is 6.96. The van der Waals surface area contributed by atoms with Gasteiger partial charge in [0.25, 0.3) is 5.91 Å². The molecule has 2 aromatic rings. The fraction of sp³-hybridized carbons (Fsp3) is 0.478. The summed E-state index contributed by atoms with van der Waals surface area (Å²) in [6.07, 6.45) is -6.34. The van der Waals surface area contributed by atoms with Crippen LogP contribution in [0.1, 0.15) is 41.3 Å².